The lowest BCUT2D eigenvalue weighted by Gasteiger charge is -2.27. The smallest absolute Gasteiger partial charge is 0.0623 e. The Morgan fingerprint density at radius 2 is 1.88 bits per heavy atom. The first-order chi connectivity index (χ1) is 7.72. The highest BCUT2D eigenvalue weighted by molar-refractivity contribution is 4.74. The average Bonchev–Trinajstić information content (AvgIpc) is 2.27. The minimum Gasteiger partial charge on any atom is -0.377 e. The Bertz CT molecular complexity index is 164. The van der Waals surface area contributed by atoms with Gasteiger partial charge in [-0.15, -0.1) is 0 Å². The molecule has 0 radical (unpaired) electrons. The number of nitrogens with one attached hydrogen (secondary N) is 1. The third-order valence-electron chi connectivity index (χ3n) is 3.47. The van der Waals surface area contributed by atoms with Crippen molar-refractivity contribution in [3.8, 4) is 0 Å². The highest BCUT2D eigenvalue weighted by Crippen LogP contribution is 2.27. The molecule has 1 fully saturated rings. The van der Waals surface area contributed by atoms with Gasteiger partial charge in [-0.05, 0) is 32.7 Å². The Kier molecular flexibility index (Phi) is 7.06. The van der Waals surface area contributed by atoms with Gasteiger partial charge in [0.15, 0.2) is 0 Å². The van der Waals surface area contributed by atoms with Crippen LogP contribution < -0.4 is 5.32 Å². The molecule has 16 heavy (non-hydrogen) atoms. The van der Waals surface area contributed by atoms with Gasteiger partial charge in [-0.1, -0.05) is 39.0 Å². The highest BCUT2D eigenvalue weighted by atomic mass is 16.5. The van der Waals surface area contributed by atoms with Gasteiger partial charge in [-0.2, -0.15) is 0 Å². The molecule has 0 aliphatic heterocycles. The molecule has 0 bridgehead atoms. The van der Waals surface area contributed by atoms with Crippen molar-refractivity contribution in [3.63, 3.8) is 0 Å². The molecule has 1 saturated carbocycles. The lowest BCUT2D eigenvalue weighted by molar-refractivity contribution is 0.0548. The predicted octanol–water partition coefficient (Wildman–Crippen LogP) is 3.36. The minimum absolute atomic E-state index is 0.354. The first kappa shape index (κ1) is 14.0. The molecule has 96 valence electrons. The monoisotopic (exact) mass is 227 g/mol. The quantitative estimate of drug-likeness (QED) is 0.720. The molecular formula is C14H29NO. The van der Waals surface area contributed by atoms with E-state index in [0.717, 1.165) is 19.1 Å². The molecule has 0 heterocycles. The van der Waals surface area contributed by atoms with Gasteiger partial charge in [0.05, 0.1) is 12.7 Å². The van der Waals surface area contributed by atoms with Gasteiger partial charge in [0, 0.05) is 6.04 Å². The van der Waals surface area contributed by atoms with Gasteiger partial charge < -0.3 is 10.1 Å². The van der Waals surface area contributed by atoms with Crippen molar-refractivity contribution in [2.75, 3.05) is 13.2 Å². The molecular weight excluding hydrogens is 198 g/mol. The van der Waals surface area contributed by atoms with E-state index < -0.39 is 0 Å². The van der Waals surface area contributed by atoms with Crippen molar-refractivity contribution < 1.29 is 4.74 Å². The second-order valence-corrected chi connectivity index (χ2v) is 5.38. The average molecular weight is 227 g/mol. The third-order valence-corrected chi connectivity index (χ3v) is 3.47. The molecule has 2 heteroatoms. The molecule has 0 aromatic carbocycles. The molecule has 0 aromatic heterocycles. The number of hydrogen-bond acceptors (Lipinski definition) is 2. The fraction of sp³-hybridized carbons (Fsp3) is 1.00. The summed E-state index contributed by atoms with van der Waals surface area (Å²) in [6.45, 7) is 8.34. The van der Waals surface area contributed by atoms with Crippen LogP contribution in [-0.4, -0.2) is 25.3 Å². The summed E-state index contributed by atoms with van der Waals surface area (Å²) in [6, 6.07) is 0.565. The topological polar surface area (TPSA) is 21.3 Å². The van der Waals surface area contributed by atoms with Crippen LogP contribution >= 0.6 is 0 Å². The molecule has 1 N–H and O–H groups in total. The summed E-state index contributed by atoms with van der Waals surface area (Å²) in [4.78, 5) is 0. The van der Waals surface area contributed by atoms with Gasteiger partial charge in [0.25, 0.3) is 0 Å². The molecule has 1 rings (SSSR count). The molecule has 1 aliphatic rings. The summed E-state index contributed by atoms with van der Waals surface area (Å²) in [5, 5.41) is 3.56. The second-order valence-electron chi connectivity index (χ2n) is 5.38. The SMILES string of the molecule is CCNC(COC(C)C)CC1CCCCC1. The first-order valence-electron chi connectivity index (χ1n) is 7.07. The maximum absolute atomic E-state index is 5.74. The maximum Gasteiger partial charge on any atom is 0.0623 e. The van der Waals surface area contributed by atoms with E-state index >= 15 is 0 Å². The molecule has 1 atom stereocenters. The zero-order valence-electron chi connectivity index (χ0n) is 11.3. The summed E-state index contributed by atoms with van der Waals surface area (Å²) < 4.78 is 5.74. The van der Waals surface area contributed by atoms with E-state index in [1.54, 1.807) is 0 Å². The molecule has 2 nitrogen and oxygen atoms in total. The van der Waals surface area contributed by atoms with Crippen molar-refractivity contribution in [3.05, 3.63) is 0 Å². The second kappa shape index (κ2) is 8.08. The van der Waals surface area contributed by atoms with Crippen molar-refractivity contribution in [1.82, 2.24) is 5.32 Å². The van der Waals surface area contributed by atoms with Gasteiger partial charge in [0.2, 0.25) is 0 Å². The lowest BCUT2D eigenvalue weighted by Crippen LogP contribution is -2.36. The van der Waals surface area contributed by atoms with Crippen LogP contribution in [0.1, 0.15) is 59.3 Å². The molecule has 1 unspecified atom stereocenters. The standard InChI is InChI=1S/C14H29NO/c1-4-15-14(11-16-12(2)3)10-13-8-6-5-7-9-13/h12-15H,4-11H2,1-3H3. The maximum atomic E-state index is 5.74. The lowest BCUT2D eigenvalue weighted by atomic mass is 9.85. The summed E-state index contributed by atoms with van der Waals surface area (Å²) in [5.41, 5.74) is 0. The van der Waals surface area contributed by atoms with Gasteiger partial charge >= 0.3 is 0 Å². The van der Waals surface area contributed by atoms with Crippen LogP contribution in [0.15, 0.2) is 0 Å². The molecule has 0 amide bonds. The number of likely N-dealkylation sites (N-methyl/N-ethyl adjacent to an activating group) is 1. The Balaban J connectivity index is 2.25. The van der Waals surface area contributed by atoms with Crippen LogP contribution in [0.2, 0.25) is 0 Å². The number of hydrogen-bond donors (Lipinski definition) is 1. The Labute approximate surface area is 101 Å². The Hall–Kier alpha value is -0.0800. The van der Waals surface area contributed by atoms with Crippen LogP contribution in [0, 0.1) is 5.92 Å². The fourth-order valence-corrected chi connectivity index (χ4v) is 2.63. The summed E-state index contributed by atoms with van der Waals surface area (Å²) in [7, 11) is 0. The van der Waals surface area contributed by atoms with Crippen molar-refractivity contribution in [2.24, 2.45) is 5.92 Å². The summed E-state index contributed by atoms with van der Waals surface area (Å²) in [6.07, 6.45) is 8.86. The van der Waals surface area contributed by atoms with Gasteiger partial charge in [-0.25, -0.2) is 0 Å². The molecule has 0 spiro atoms. The van der Waals surface area contributed by atoms with Gasteiger partial charge in [0.1, 0.15) is 0 Å². The van der Waals surface area contributed by atoms with Crippen LogP contribution in [-0.2, 0) is 4.74 Å². The Morgan fingerprint density at radius 1 is 1.19 bits per heavy atom. The van der Waals surface area contributed by atoms with Crippen LogP contribution in [0.4, 0.5) is 0 Å². The zero-order chi connectivity index (χ0) is 11.8. The zero-order valence-corrected chi connectivity index (χ0v) is 11.3. The molecule has 1 aliphatic carbocycles. The van der Waals surface area contributed by atoms with E-state index in [9.17, 15) is 0 Å². The van der Waals surface area contributed by atoms with Crippen LogP contribution in [0.3, 0.4) is 0 Å². The normalized spacial score (nSPS) is 20.2. The van der Waals surface area contributed by atoms with E-state index in [1.807, 2.05) is 0 Å². The minimum atomic E-state index is 0.354. The van der Waals surface area contributed by atoms with E-state index in [-0.39, 0.29) is 0 Å². The van der Waals surface area contributed by atoms with Crippen LogP contribution in [0.5, 0.6) is 0 Å². The summed E-state index contributed by atoms with van der Waals surface area (Å²) in [5.74, 6) is 0.938. The first-order valence-corrected chi connectivity index (χ1v) is 7.07. The van der Waals surface area contributed by atoms with Crippen molar-refractivity contribution >= 4 is 0 Å². The van der Waals surface area contributed by atoms with Crippen molar-refractivity contribution in [1.29, 1.82) is 0 Å². The molecule has 0 aromatic rings. The van der Waals surface area contributed by atoms with E-state index in [4.69, 9.17) is 4.74 Å². The summed E-state index contributed by atoms with van der Waals surface area (Å²) >= 11 is 0. The van der Waals surface area contributed by atoms with Crippen molar-refractivity contribution in [2.45, 2.75) is 71.4 Å². The van der Waals surface area contributed by atoms with Crippen LogP contribution in [0.25, 0.3) is 0 Å². The number of ether oxygens (including phenoxy) is 1. The van der Waals surface area contributed by atoms with Gasteiger partial charge in [-0.3, -0.25) is 0 Å². The van der Waals surface area contributed by atoms with E-state index in [2.05, 4.69) is 26.1 Å². The fourth-order valence-electron chi connectivity index (χ4n) is 2.63. The Morgan fingerprint density at radius 3 is 2.44 bits per heavy atom. The van der Waals surface area contributed by atoms with E-state index in [0.29, 0.717) is 12.1 Å². The molecule has 0 saturated heterocycles. The third kappa shape index (κ3) is 5.86. The van der Waals surface area contributed by atoms with E-state index in [1.165, 1.54) is 38.5 Å². The largest absolute Gasteiger partial charge is 0.377 e. The predicted molar refractivity (Wildman–Crippen MR) is 69.7 cm³/mol. The number of rotatable bonds is 7. The highest BCUT2D eigenvalue weighted by Gasteiger charge is 2.18.